The second-order valence-corrected chi connectivity index (χ2v) is 4.50. The average Bonchev–Trinajstić information content (AvgIpc) is 2.52. The van der Waals surface area contributed by atoms with Gasteiger partial charge >= 0.3 is 6.18 Å². The quantitative estimate of drug-likeness (QED) is 0.869. The number of anilines is 1. The van der Waals surface area contributed by atoms with Crippen molar-refractivity contribution in [3.05, 3.63) is 36.3 Å². The van der Waals surface area contributed by atoms with Gasteiger partial charge in [-0.05, 0) is 12.1 Å². The molecule has 0 radical (unpaired) electrons. The molecule has 0 aliphatic heterocycles. The summed E-state index contributed by atoms with van der Waals surface area (Å²) in [5.74, 6) is 0.0837. The molecule has 0 aliphatic carbocycles. The first-order valence-corrected chi connectivity index (χ1v) is 6.36. The number of rotatable bonds is 4. The lowest BCUT2D eigenvalue weighted by atomic mass is 10.2. The Balaban J connectivity index is 2.48. The number of nitriles is 1. The van der Waals surface area contributed by atoms with Gasteiger partial charge in [-0.3, -0.25) is 4.98 Å². The van der Waals surface area contributed by atoms with Crippen LogP contribution in [0.4, 0.5) is 19.0 Å². The number of pyridine rings is 1. The van der Waals surface area contributed by atoms with Gasteiger partial charge in [-0.25, -0.2) is 9.97 Å². The summed E-state index contributed by atoms with van der Waals surface area (Å²) in [4.78, 5) is 13.0. The van der Waals surface area contributed by atoms with Crippen LogP contribution in [-0.2, 0) is 6.18 Å². The van der Waals surface area contributed by atoms with Crippen LogP contribution in [-0.4, -0.2) is 28.5 Å². The standard InChI is InChI=1S/C14H12F3N5/c1-22(8-2-5-18)12-9-11(14(15,16)17)20-13(21-12)10-3-6-19-7-4-10/h3-4,6-7,9H,2,8H2,1H3. The van der Waals surface area contributed by atoms with Crippen LogP contribution in [0.25, 0.3) is 11.4 Å². The first kappa shape index (κ1) is 15.7. The Morgan fingerprint density at radius 3 is 2.50 bits per heavy atom. The Kier molecular flexibility index (Phi) is 4.56. The molecule has 8 heteroatoms. The van der Waals surface area contributed by atoms with E-state index < -0.39 is 11.9 Å². The smallest absolute Gasteiger partial charge is 0.359 e. The van der Waals surface area contributed by atoms with Gasteiger partial charge in [0.15, 0.2) is 11.5 Å². The summed E-state index contributed by atoms with van der Waals surface area (Å²) in [6.07, 6.45) is -1.47. The summed E-state index contributed by atoms with van der Waals surface area (Å²) >= 11 is 0. The lowest BCUT2D eigenvalue weighted by Crippen LogP contribution is -2.21. The maximum absolute atomic E-state index is 13.0. The fourth-order valence-corrected chi connectivity index (χ4v) is 1.74. The molecule has 2 rings (SSSR count). The fourth-order valence-electron chi connectivity index (χ4n) is 1.74. The van der Waals surface area contributed by atoms with E-state index in [9.17, 15) is 13.2 Å². The molecule has 2 heterocycles. The Morgan fingerprint density at radius 1 is 1.23 bits per heavy atom. The van der Waals surface area contributed by atoms with Crippen molar-refractivity contribution < 1.29 is 13.2 Å². The maximum Gasteiger partial charge on any atom is 0.433 e. The van der Waals surface area contributed by atoms with E-state index in [1.165, 1.54) is 29.4 Å². The summed E-state index contributed by atoms with van der Waals surface area (Å²) in [6.45, 7) is 0.278. The Morgan fingerprint density at radius 2 is 1.91 bits per heavy atom. The number of alkyl halides is 3. The molecule has 0 aromatic carbocycles. The van der Waals surface area contributed by atoms with Crippen molar-refractivity contribution in [2.24, 2.45) is 0 Å². The normalized spacial score (nSPS) is 11.0. The van der Waals surface area contributed by atoms with Gasteiger partial charge in [0.05, 0.1) is 12.5 Å². The predicted octanol–water partition coefficient (Wildman–Crippen LogP) is 2.91. The van der Waals surface area contributed by atoms with E-state index in [1.54, 1.807) is 7.05 Å². The van der Waals surface area contributed by atoms with E-state index in [2.05, 4.69) is 15.0 Å². The van der Waals surface area contributed by atoms with Gasteiger partial charge in [0, 0.05) is 37.6 Å². The third kappa shape index (κ3) is 3.69. The summed E-state index contributed by atoms with van der Waals surface area (Å²) in [7, 11) is 1.58. The molecule has 0 atom stereocenters. The molecule has 114 valence electrons. The van der Waals surface area contributed by atoms with Crippen LogP contribution < -0.4 is 4.90 Å². The highest BCUT2D eigenvalue weighted by Crippen LogP contribution is 2.31. The Bertz CT molecular complexity index is 679. The van der Waals surface area contributed by atoms with E-state index in [4.69, 9.17) is 5.26 Å². The third-order valence-corrected chi connectivity index (χ3v) is 2.89. The van der Waals surface area contributed by atoms with Crippen LogP contribution in [0, 0.1) is 11.3 Å². The molecule has 0 unspecified atom stereocenters. The molecule has 0 N–H and O–H groups in total. The zero-order valence-corrected chi connectivity index (χ0v) is 11.7. The first-order chi connectivity index (χ1) is 10.4. The van der Waals surface area contributed by atoms with Crippen molar-refractivity contribution >= 4 is 5.82 Å². The molecular weight excluding hydrogens is 295 g/mol. The average molecular weight is 307 g/mol. The summed E-state index contributed by atoms with van der Waals surface area (Å²) in [5, 5.41) is 8.58. The maximum atomic E-state index is 13.0. The molecule has 22 heavy (non-hydrogen) atoms. The summed E-state index contributed by atoms with van der Waals surface area (Å²) < 4.78 is 39.0. The Hall–Kier alpha value is -2.69. The minimum Gasteiger partial charge on any atom is -0.359 e. The van der Waals surface area contributed by atoms with E-state index in [0.717, 1.165) is 6.07 Å². The molecule has 0 spiro atoms. The second-order valence-electron chi connectivity index (χ2n) is 4.50. The molecule has 2 aromatic heterocycles. The predicted molar refractivity (Wildman–Crippen MR) is 73.8 cm³/mol. The minimum absolute atomic E-state index is 0.0315. The lowest BCUT2D eigenvalue weighted by Gasteiger charge is -2.19. The monoisotopic (exact) mass is 307 g/mol. The lowest BCUT2D eigenvalue weighted by molar-refractivity contribution is -0.141. The van der Waals surface area contributed by atoms with E-state index >= 15 is 0 Å². The summed E-state index contributed by atoms with van der Waals surface area (Å²) in [6, 6.07) is 5.89. The van der Waals surface area contributed by atoms with Gasteiger partial charge in [0.2, 0.25) is 0 Å². The van der Waals surface area contributed by atoms with Gasteiger partial charge < -0.3 is 4.90 Å². The van der Waals surface area contributed by atoms with Crippen molar-refractivity contribution in [3.8, 4) is 17.5 Å². The van der Waals surface area contributed by atoms with Crippen LogP contribution in [0.5, 0.6) is 0 Å². The molecule has 0 bridgehead atoms. The number of hydrogen-bond donors (Lipinski definition) is 0. The fraction of sp³-hybridized carbons (Fsp3) is 0.286. The summed E-state index contributed by atoms with van der Waals surface area (Å²) in [5.41, 5.74) is -0.579. The van der Waals surface area contributed by atoms with Gasteiger partial charge in [0.1, 0.15) is 5.82 Å². The van der Waals surface area contributed by atoms with Gasteiger partial charge in [-0.1, -0.05) is 0 Å². The van der Waals surface area contributed by atoms with Crippen LogP contribution in [0.1, 0.15) is 12.1 Å². The van der Waals surface area contributed by atoms with Crippen LogP contribution in [0.3, 0.4) is 0 Å². The Labute approximate surface area is 125 Å². The van der Waals surface area contributed by atoms with Gasteiger partial charge in [-0.2, -0.15) is 18.4 Å². The molecule has 2 aromatic rings. The first-order valence-electron chi connectivity index (χ1n) is 6.36. The highest BCUT2D eigenvalue weighted by molar-refractivity contribution is 5.57. The molecule has 0 fully saturated rings. The van der Waals surface area contributed by atoms with Crippen LogP contribution >= 0.6 is 0 Å². The van der Waals surface area contributed by atoms with Crippen molar-refractivity contribution in [1.82, 2.24) is 15.0 Å². The zero-order chi connectivity index (χ0) is 16.2. The second kappa shape index (κ2) is 6.39. The van der Waals surface area contributed by atoms with E-state index in [1.807, 2.05) is 6.07 Å². The van der Waals surface area contributed by atoms with Crippen molar-refractivity contribution in [1.29, 1.82) is 5.26 Å². The van der Waals surface area contributed by atoms with Crippen molar-refractivity contribution in [3.63, 3.8) is 0 Å². The topological polar surface area (TPSA) is 65.7 Å². The zero-order valence-electron chi connectivity index (χ0n) is 11.7. The number of hydrogen-bond acceptors (Lipinski definition) is 5. The number of halogens is 3. The highest BCUT2D eigenvalue weighted by Gasteiger charge is 2.34. The van der Waals surface area contributed by atoms with Crippen LogP contribution in [0.15, 0.2) is 30.6 Å². The number of nitrogens with zero attached hydrogens (tertiary/aromatic N) is 5. The third-order valence-electron chi connectivity index (χ3n) is 2.89. The largest absolute Gasteiger partial charge is 0.433 e. The molecule has 0 amide bonds. The molecule has 0 saturated heterocycles. The van der Waals surface area contributed by atoms with Crippen LogP contribution in [0.2, 0.25) is 0 Å². The molecular formula is C14H12F3N5. The van der Waals surface area contributed by atoms with Crippen molar-refractivity contribution in [2.45, 2.75) is 12.6 Å². The van der Waals surface area contributed by atoms with Crippen molar-refractivity contribution in [2.75, 3.05) is 18.5 Å². The molecule has 0 saturated carbocycles. The molecule has 0 aliphatic rings. The van der Waals surface area contributed by atoms with E-state index in [-0.39, 0.29) is 24.6 Å². The van der Waals surface area contributed by atoms with E-state index in [0.29, 0.717) is 5.56 Å². The van der Waals surface area contributed by atoms with Gasteiger partial charge in [-0.15, -0.1) is 0 Å². The number of aromatic nitrogens is 3. The highest BCUT2D eigenvalue weighted by atomic mass is 19.4. The minimum atomic E-state index is -4.57. The van der Waals surface area contributed by atoms with Gasteiger partial charge in [0.25, 0.3) is 0 Å². The molecule has 5 nitrogen and oxygen atoms in total. The SMILES string of the molecule is CN(CCC#N)c1cc(C(F)(F)F)nc(-c2ccncc2)n1.